The van der Waals surface area contributed by atoms with Gasteiger partial charge in [0.1, 0.15) is 4.90 Å². The maximum atomic E-state index is 12.7. The molecule has 1 aromatic rings. The minimum Gasteiger partial charge on any atom is -0.397 e. The highest BCUT2D eigenvalue weighted by Gasteiger charge is 2.47. The van der Waals surface area contributed by atoms with E-state index in [0.29, 0.717) is 0 Å². The van der Waals surface area contributed by atoms with E-state index in [1.54, 1.807) is 0 Å². The predicted octanol–water partition coefficient (Wildman–Crippen LogP) is 3.21. The van der Waals surface area contributed by atoms with Gasteiger partial charge < -0.3 is 5.73 Å². The van der Waals surface area contributed by atoms with Gasteiger partial charge >= 0.3 is 12.4 Å². The molecule has 3 N–H and O–H groups in total. The van der Waals surface area contributed by atoms with Crippen LogP contribution in [0.3, 0.4) is 0 Å². The quantitative estimate of drug-likeness (QED) is 0.466. The smallest absolute Gasteiger partial charge is 0.397 e. The fourth-order valence-electron chi connectivity index (χ4n) is 1.39. The highest BCUT2D eigenvalue weighted by atomic mass is 35.5. The van der Waals surface area contributed by atoms with Crippen LogP contribution in [-0.4, -0.2) is 13.0 Å². The van der Waals surface area contributed by atoms with E-state index in [1.807, 2.05) is 0 Å². The highest BCUT2D eigenvalue weighted by molar-refractivity contribution is 7.86. The minimum atomic E-state index is -5.85. The molecule has 114 valence electrons. The Morgan fingerprint density at radius 3 is 1.85 bits per heavy atom. The number of hydrogen-bond acceptors (Lipinski definition) is 3. The minimum absolute atomic E-state index is 0.0966. The molecule has 1 aromatic carbocycles. The van der Waals surface area contributed by atoms with Crippen molar-refractivity contribution in [1.29, 1.82) is 0 Å². The maximum Gasteiger partial charge on any atom is 0.419 e. The summed E-state index contributed by atoms with van der Waals surface area (Å²) in [6.45, 7) is 0. The van der Waals surface area contributed by atoms with E-state index in [4.69, 9.17) is 21.9 Å². The molecule has 0 saturated carbocycles. The van der Waals surface area contributed by atoms with Crippen molar-refractivity contribution in [2.75, 3.05) is 5.73 Å². The Hall–Kier alpha value is -1.20. The van der Waals surface area contributed by atoms with E-state index in [9.17, 15) is 34.8 Å². The molecule has 0 aliphatic rings. The normalized spacial score (nSPS) is 13.6. The van der Waals surface area contributed by atoms with E-state index in [0.717, 1.165) is 0 Å². The molecule has 0 amide bonds. The first-order chi connectivity index (χ1) is 8.67. The lowest BCUT2D eigenvalue weighted by Gasteiger charge is -2.19. The van der Waals surface area contributed by atoms with Gasteiger partial charge in [-0.25, -0.2) is 0 Å². The van der Waals surface area contributed by atoms with Crippen molar-refractivity contribution in [1.82, 2.24) is 0 Å². The van der Waals surface area contributed by atoms with Crippen molar-refractivity contribution in [3.63, 3.8) is 0 Å². The van der Waals surface area contributed by atoms with Crippen LogP contribution in [0.2, 0.25) is 5.02 Å². The number of halogens is 7. The zero-order valence-electron chi connectivity index (χ0n) is 8.97. The standard InChI is InChI=1S/C8H4ClF6NO3S/c9-5-3(16)1-2(7(10,11)12)6(20(17,18)19)4(5)8(13,14)15/h1H,16H2,(H,17,18,19). The Morgan fingerprint density at radius 2 is 1.55 bits per heavy atom. The predicted molar refractivity (Wildman–Crippen MR) is 55.7 cm³/mol. The van der Waals surface area contributed by atoms with Crippen molar-refractivity contribution in [3.8, 4) is 0 Å². The molecule has 0 unspecified atom stereocenters. The third-order valence-electron chi connectivity index (χ3n) is 2.09. The number of anilines is 1. The Balaban J connectivity index is 4.07. The summed E-state index contributed by atoms with van der Waals surface area (Å²) in [7, 11) is -5.85. The number of alkyl halides is 6. The second kappa shape index (κ2) is 4.67. The SMILES string of the molecule is Nc1cc(C(F)(F)F)c(S(=O)(=O)O)c(C(F)(F)F)c1Cl. The van der Waals surface area contributed by atoms with Gasteiger partial charge in [-0.1, -0.05) is 11.6 Å². The number of hydrogen-bond donors (Lipinski definition) is 2. The number of rotatable bonds is 1. The summed E-state index contributed by atoms with van der Waals surface area (Å²) in [4.78, 5) is -2.38. The van der Waals surface area contributed by atoms with Crippen molar-refractivity contribution < 1.29 is 39.3 Å². The summed E-state index contributed by atoms with van der Waals surface area (Å²) < 4.78 is 106. The lowest BCUT2D eigenvalue weighted by molar-refractivity contribution is -0.147. The van der Waals surface area contributed by atoms with Gasteiger partial charge in [0.25, 0.3) is 10.1 Å². The largest absolute Gasteiger partial charge is 0.419 e. The first kappa shape index (κ1) is 16.9. The van der Waals surface area contributed by atoms with Crippen LogP contribution >= 0.6 is 11.6 Å². The van der Waals surface area contributed by atoms with Crippen LogP contribution in [0.4, 0.5) is 32.0 Å². The third-order valence-corrected chi connectivity index (χ3v) is 3.44. The lowest BCUT2D eigenvalue weighted by Crippen LogP contribution is -2.21. The first-order valence-electron chi connectivity index (χ1n) is 4.41. The molecular formula is C8H4ClF6NO3S. The van der Waals surface area contributed by atoms with Gasteiger partial charge in [0.05, 0.1) is 21.8 Å². The summed E-state index contributed by atoms with van der Waals surface area (Å²) in [5.41, 5.74) is -0.830. The van der Waals surface area contributed by atoms with Gasteiger partial charge in [-0.3, -0.25) is 4.55 Å². The third kappa shape index (κ3) is 3.10. The van der Waals surface area contributed by atoms with E-state index in [1.165, 1.54) is 0 Å². The topological polar surface area (TPSA) is 80.4 Å². The molecule has 0 radical (unpaired) electrons. The van der Waals surface area contributed by atoms with Gasteiger partial charge in [0.2, 0.25) is 0 Å². The molecule has 0 aromatic heterocycles. The number of benzene rings is 1. The van der Waals surface area contributed by atoms with Crippen LogP contribution in [-0.2, 0) is 22.5 Å². The number of nitrogen functional groups attached to an aromatic ring is 1. The van der Waals surface area contributed by atoms with Gasteiger partial charge in [-0.05, 0) is 6.07 Å². The van der Waals surface area contributed by atoms with Gasteiger partial charge in [-0.2, -0.15) is 34.8 Å². The van der Waals surface area contributed by atoms with E-state index in [2.05, 4.69) is 0 Å². The molecular weight excluding hydrogens is 340 g/mol. The Labute approximate surface area is 112 Å². The molecule has 0 heterocycles. The van der Waals surface area contributed by atoms with Gasteiger partial charge in [0, 0.05) is 0 Å². The molecule has 0 saturated heterocycles. The molecule has 0 aliphatic carbocycles. The van der Waals surface area contributed by atoms with Crippen LogP contribution < -0.4 is 5.73 Å². The average molecular weight is 344 g/mol. The van der Waals surface area contributed by atoms with Crippen molar-refractivity contribution in [2.24, 2.45) is 0 Å². The number of nitrogens with two attached hydrogens (primary N) is 1. The summed E-state index contributed by atoms with van der Waals surface area (Å²) in [6, 6.07) is -0.0966. The van der Waals surface area contributed by atoms with Crippen molar-refractivity contribution >= 4 is 27.4 Å². The summed E-state index contributed by atoms with van der Waals surface area (Å²) in [5.74, 6) is 0. The second-order valence-corrected chi connectivity index (χ2v) is 5.24. The molecule has 0 spiro atoms. The average Bonchev–Trinajstić information content (AvgIpc) is 2.15. The molecule has 20 heavy (non-hydrogen) atoms. The summed E-state index contributed by atoms with van der Waals surface area (Å²) in [5, 5.41) is -1.45. The van der Waals surface area contributed by atoms with Crippen LogP contribution in [0.25, 0.3) is 0 Å². The van der Waals surface area contributed by atoms with E-state index < -0.39 is 49.2 Å². The van der Waals surface area contributed by atoms with Gasteiger partial charge in [-0.15, -0.1) is 0 Å². The molecule has 0 atom stereocenters. The molecule has 0 fully saturated rings. The zero-order chi connectivity index (χ0) is 16.1. The van der Waals surface area contributed by atoms with Crippen molar-refractivity contribution in [3.05, 3.63) is 22.2 Å². The van der Waals surface area contributed by atoms with Crippen LogP contribution in [0, 0.1) is 0 Å². The molecule has 4 nitrogen and oxygen atoms in total. The van der Waals surface area contributed by atoms with Crippen LogP contribution in [0.5, 0.6) is 0 Å². The Kier molecular flexibility index (Phi) is 3.93. The maximum absolute atomic E-state index is 12.7. The highest BCUT2D eigenvalue weighted by Crippen LogP contribution is 2.47. The Bertz CT molecular complexity index is 652. The van der Waals surface area contributed by atoms with Crippen LogP contribution in [0.1, 0.15) is 11.1 Å². The Morgan fingerprint density at radius 1 is 1.10 bits per heavy atom. The van der Waals surface area contributed by atoms with Crippen LogP contribution in [0.15, 0.2) is 11.0 Å². The fraction of sp³-hybridized carbons (Fsp3) is 0.250. The van der Waals surface area contributed by atoms with Crippen molar-refractivity contribution in [2.45, 2.75) is 17.2 Å². The fourth-order valence-corrected chi connectivity index (χ4v) is 2.64. The lowest BCUT2D eigenvalue weighted by atomic mass is 10.1. The second-order valence-electron chi connectivity index (χ2n) is 3.50. The first-order valence-corrected chi connectivity index (χ1v) is 6.23. The molecule has 0 aliphatic heterocycles. The van der Waals surface area contributed by atoms with E-state index >= 15 is 0 Å². The monoisotopic (exact) mass is 343 g/mol. The van der Waals surface area contributed by atoms with Gasteiger partial charge in [0.15, 0.2) is 0 Å². The molecule has 0 bridgehead atoms. The summed E-state index contributed by atoms with van der Waals surface area (Å²) >= 11 is 5.12. The molecule has 12 heteroatoms. The summed E-state index contributed by atoms with van der Waals surface area (Å²) in [6.07, 6.45) is -11.1. The zero-order valence-corrected chi connectivity index (χ0v) is 10.5. The van der Waals surface area contributed by atoms with E-state index in [-0.39, 0.29) is 6.07 Å². The molecule has 1 rings (SSSR count).